The topological polar surface area (TPSA) is 46.2 Å². The second-order valence-corrected chi connectivity index (χ2v) is 4.66. The van der Waals surface area contributed by atoms with Crippen molar-refractivity contribution in [3.8, 4) is 0 Å². The van der Waals surface area contributed by atoms with E-state index in [0.717, 1.165) is 23.8 Å². The second-order valence-electron chi connectivity index (χ2n) is 4.66. The lowest BCUT2D eigenvalue weighted by molar-refractivity contribution is -0.137. The molecule has 0 saturated heterocycles. The van der Waals surface area contributed by atoms with Gasteiger partial charge in [-0.1, -0.05) is 29.8 Å². The van der Waals surface area contributed by atoms with Crippen LogP contribution in [0.2, 0.25) is 0 Å². The fraction of sp³-hybridized carbons (Fsp3) is 0.200. The van der Waals surface area contributed by atoms with E-state index in [4.69, 9.17) is 5.73 Å². The molecule has 0 heterocycles. The number of alkyl halides is 3. The van der Waals surface area contributed by atoms with Gasteiger partial charge in [0, 0.05) is 11.3 Å². The lowest BCUT2D eigenvalue weighted by atomic mass is 9.97. The van der Waals surface area contributed by atoms with Gasteiger partial charge >= 0.3 is 6.18 Å². The maximum absolute atomic E-state index is 12.7. The first-order valence-electron chi connectivity index (χ1n) is 6.00. The van der Waals surface area contributed by atoms with E-state index in [9.17, 15) is 18.3 Å². The van der Waals surface area contributed by atoms with Crippen LogP contribution in [-0.2, 0) is 6.18 Å². The Morgan fingerprint density at radius 1 is 1.10 bits per heavy atom. The van der Waals surface area contributed by atoms with Crippen LogP contribution in [0.4, 0.5) is 18.9 Å². The molecule has 2 aromatic carbocycles. The molecule has 1 unspecified atom stereocenters. The Hall–Kier alpha value is -2.01. The number of aliphatic hydroxyl groups is 1. The quantitative estimate of drug-likeness (QED) is 0.825. The van der Waals surface area contributed by atoms with Crippen molar-refractivity contribution in [2.45, 2.75) is 19.2 Å². The van der Waals surface area contributed by atoms with Gasteiger partial charge in [0.25, 0.3) is 0 Å². The van der Waals surface area contributed by atoms with Gasteiger partial charge in [-0.25, -0.2) is 0 Å². The molecule has 0 fully saturated rings. The predicted octanol–water partition coefficient (Wildman–Crippen LogP) is 3.68. The number of benzene rings is 2. The first-order valence-corrected chi connectivity index (χ1v) is 6.00. The molecule has 0 aliphatic rings. The molecule has 0 spiro atoms. The zero-order valence-corrected chi connectivity index (χ0v) is 10.8. The average Bonchev–Trinajstić information content (AvgIpc) is 2.37. The zero-order valence-electron chi connectivity index (χ0n) is 10.8. The number of anilines is 1. The third kappa shape index (κ3) is 2.93. The normalized spacial score (nSPS) is 13.2. The van der Waals surface area contributed by atoms with Crippen LogP contribution in [0.15, 0.2) is 42.5 Å². The van der Waals surface area contributed by atoms with Gasteiger partial charge in [-0.2, -0.15) is 13.2 Å². The van der Waals surface area contributed by atoms with Crippen LogP contribution in [0, 0.1) is 6.92 Å². The molecule has 20 heavy (non-hydrogen) atoms. The summed E-state index contributed by atoms with van der Waals surface area (Å²) < 4.78 is 38.1. The molecule has 5 heteroatoms. The SMILES string of the molecule is Cc1cccc(C(O)c2cc(C(F)(F)F)ccc2N)c1. The summed E-state index contributed by atoms with van der Waals surface area (Å²) in [4.78, 5) is 0. The van der Waals surface area contributed by atoms with Gasteiger partial charge in [0.1, 0.15) is 6.10 Å². The van der Waals surface area contributed by atoms with Crippen LogP contribution in [0.5, 0.6) is 0 Å². The van der Waals surface area contributed by atoms with Crippen LogP contribution in [-0.4, -0.2) is 5.11 Å². The largest absolute Gasteiger partial charge is 0.416 e. The molecule has 0 aromatic heterocycles. The van der Waals surface area contributed by atoms with Crippen LogP contribution >= 0.6 is 0 Å². The Kier molecular flexibility index (Phi) is 3.72. The smallest absolute Gasteiger partial charge is 0.398 e. The molecule has 0 aliphatic heterocycles. The maximum Gasteiger partial charge on any atom is 0.416 e. The van der Waals surface area contributed by atoms with Crippen molar-refractivity contribution in [2.24, 2.45) is 0 Å². The molecule has 2 aromatic rings. The van der Waals surface area contributed by atoms with E-state index in [0.29, 0.717) is 5.56 Å². The molecule has 2 rings (SSSR count). The highest BCUT2D eigenvalue weighted by molar-refractivity contribution is 5.52. The van der Waals surface area contributed by atoms with E-state index in [1.165, 1.54) is 0 Å². The van der Waals surface area contributed by atoms with E-state index in [1.54, 1.807) is 18.2 Å². The first-order chi connectivity index (χ1) is 9.29. The molecule has 0 aliphatic carbocycles. The Balaban J connectivity index is 2.46. The Bertz CT molecular complexity index is 623. The number of aryl methyl sites for hydroxylation is 1. The number of halogens is 3. The van der Waals surface area contributed by atoms with Crippen molar-refractivity contribution >= 4 is 5.69 Å². The van der Waals surface area contributed by atoms with E-state index < -0.39 is 17.8 Å². The minimum absolute atomic E-state index is 0.0606. The number of nitrogens with two attached hydrogens (primary N) is 1. The van der Waals surface area contributed by atoms with Crippen molar-refractivity contribution in [3.05, 3.63) is 64.7 Å². The summed E-state index contributed by atoms with van der Waals surface area (Å²) in [6, 6.07) is 9.90. The third-order valence-corrected chi connectivity index (χ3v) is 3.07. The minimum Gasteiger partial charge on any atom is -0.398 e. The minimum atomic E-state index is -4.46. The molecule has 0 saturated carbocycles. The third-order valence-electron chi connectivity index (χ3n) is 3.07. The maximum atomic E-state index is 12.7. The summed E-state index contributed by atoms with van der Waals surface area (Å²) in [5.41, 5.74) is 6.47. The van der Waals surface area contributed by atoms with Gasteiger partial charge in [0.2, 0.25) is 0 Å². The second kappa shape index (κ2) is 5.17. The summed E-state index contributed by atoms with van der Waals surface area (Å²) in [5.74, 6) is 0. The van der Waals surface area contributed by atoms with Crippen LogP contribution in [0.25, 0.3) is 0 Å². The summed E-state index contributed by atoms with van der Waals surface area (Å²) in [5, 5.41) is 10.2. The molecule has 1 atom stereocenters. The number of hydrogen-bond acceptors (Lipinski definition) is 2. The summed E-state index contributed by atoms with van der Waals surface area (Å²) in [6.45, 7) is 1.84. The molecular weight excluding hydrogens is 267 g/mol. The monoisotopic (exact) mass is 281 g/mol. The van der Waals surface area contributed by atoms with Gasteiger partial charge in [-0.15, -0.1) is 0 Å². The molecule has 3 N–H and O–H groups in total. The fourth-order valence-corrected chi connectivity index (χ4v) is 2.01. The van der Waals surface area contributed by atoms with Gasteiger partial charge in [0.15, 0.2) is 0 Å². The lowest BCUT2D eigenvalue weighted by Crippen LogP contribution is -2.09. The molecule has 2 nitrogen and oxygen atoms in total. The number of nitrogen functional groups attached to an aromatic ring is 1. The highest BCUT2D eigenvalue weighted by Crippen LogP contribution is 2.34. The van der Waals surface area contributed by atoms with Gasteiger partial charge in [0.05, 0.1) is 5.56 Å². The van der Waals surface area contributed by atoms with Crippen LogP contribution in [0.3, 0.4) is 0 Å². The molecule has 106 valence electrons. The van der Waals surface area contributed by atoms with Crippen molar-refractivity contribution in [3.63, 3.8) is 0 Å². The van der Waals surface area contributed by atoms with Gasteiger partial charge in [-0.05, 0) is 30.7 Å². The zero-order chi connectivity index (χ0) is 14.9. The molecular formula is C15H14F3NO. The van der Waals surface area contributed by atoms with Crippen molar-refractivity contribution in [2.75, 3.05) is 5.73 Å². The lowest BCUT2D eigenvalue weighted by Gasteiger charge is -2.16. The van der Waals surface area contributed by atoms with E-state index in [1.807, 2.05) is 13.0 Å². The summed E-state index contributed by atoms with van der Waals surface area (Å²) in [6.07, 6.45) is -5.65. The van der Waals surface area contributed by atoms with Crippen molar-refractivity contribution in [1.82, 2.24) is 0 Å². The predicted molar refractivity (Wildman–Crippen MR) is 71.1 cm³/mol. The highest BCUT2D eigenvalue weighted by Gasteiger charge is 2.31. The van der Waals surface area contributed by atoms with E-state index in [2.05, 4.69) is 0 Å². The van der Waals surface area contributed by atoms with Gasteiger partial charge < -0.3 is 10.8 Å². The first kappa shape index (κ1) is 14.4. The van der Waals surface area contributed by atoms with Crippen LogP contribution < -0.4 is 5.73 Å². The number of hydrogen-bond donors (Lipinski definition) is 2. The van der Waals surface area contributed by atoms with E-state index >= 15 is 0 Å². The Morgan fingerprint density at radius 3 is 2.40 bits per heavy atom. The van der Waals surface area contributed by atoms with Gasteiger partial charge in [-0.3, -0.25) is 0 Å². The molecule has 0 amide bonds. The van der Waals surface area contributed by atoms with Crippen molar-refractivity contribution < 1.29 is 18.3 Å². The number of aliphatic hydroxyl groups excluding tert-OH is 1. The summed E-state index contributed by atoms with van der Waals surface area (Å²) >= 11 is 0. The molecule has 0 radical (unpaired) electrons. The molecule has 0 bridgehead atoms. The fourth-order valence-electron chi connectivity index (χ4n) is 2.01. The van der Waals surface area contributed by atoms with Crippen molar-refractivity contribution in [1.29, 1.82) is 0 Å². The Labute approximate surface area is 114 Å². The van der Waals surface area contributed by atoms with E-state index in [-0.39, 0.29) is 11.3 Å². The highest BCUT2D eigenvalue weighted by atomic mass is 19.4. The average molecular weight is 281 g/mol. The number of rotatable bonds is 2. The standard InChI is InChI=1S/C15H14F3NO/c1-9-3-2-4-10(7-9)14(20)12-8-11(15(16,17)18)5-6-13(12)19/h2-8,14,20H,19H2,1H3. The van der Waals surface area contributed by atoms with Crippen LogP contribution in [0.1, 0.15) is 28.4 Å². The Morgan fingerprint density at radius 2 is 1.80 bits per heavy atom. The summed E-state index contributed by atoms with van der Waals surface area (Å²) in [7, 11) is 0.